The molecule has 2 aromatic heterocycles. The van der Waals surface area contributed by atoms with Gasteiger partial charge in [-0.2, -0.15) is 18.3 Å². The van der Waals surface area contributed by atoms with Crippen molar-refractivity contribution in [2.45, 2.75) is 24.9 Å². The van der Waals surface area contributed by atoms with Crippen molar-refractivity contribution in [3.05, 3.63) is 23.7 Å². The molecule has 1 aliphatic carbocycles. The van der Waals surface area contributed by atoms with Crippen molar-refractivity contribution in [3.8, 4) is 5.82 Å². The predicted molar refractivity (Wildman–Crippen MR) is 55.1 cm³/mol. The van der Waals surface area contributed by atoms with Gasteiger partial charge in [0, 0.05) is 18.7 Å². The average molecular weight is 257 g/mol. The Morgan fingerprint density at radius 3 is 2.56 bits per heavy atom. The minimum Gasteiger partial charge on any atom is -0.231 e. The van der Waals surface area contributed by atoms with Gasteiger partial charge in [0.2, 0.25) is 0 Å². The number of hydrogen-bond acceptors (Lipinski definition) is 3. The maximum atomic E-state index is 12.7. The fraction of sp³-hybridized carbons (Fsp3) is 0.500. The summed E-state index contributed by atoms with van der Waals surface area (Å²) in [5, 5.41) is 11.0. The highest BCUT2D eigenvalue weighted by molar-refractivity contribution is 5.29. The van der Waals surface area contributed by atoms with Gasteiger partial charge in [-0.3, -0.25) is 0 Å². The van der Waals surface area contributed by atoms with Crippen molar-refractivity contribution in [2.24, 2.45) is 7.05 Å². The van der Waals surface area contributed by atoms with E-state index in [0.29, 0.717) is 11.5 Å². The first-order valence-corrected chi connectivity index (χ1v) is 5.49. The molecule has 0 aliphatic heterocycles. The van der Waals surface area contributed by atoms with Crippen molar-refractivity contribution in [1.82, 2.24) is 24.8 Å². The van der Waals surface area contributed by atoms with Crippen LogP contribution in [0.25, 0.3) is 5.82 Å². The lowest BCUT2D eigenvalue weighted by molar-refractivity contribution is -0.141. The van der Waals surface area contributed by atoms with Crippen molar-refractivity contribution in [3.63, 3.8) is 0 Å². The van der Waals surface area contributed by atoms with E-state index < -0.39 is 11.9 Å². The summed E-state index contributed by atoms with van der Waals surface area (Å²) in [5.41, 5.74) is -0.293. The highest BCUT2D eigenvalue weighted by Crippen LogP contribution is 2.42. The number of alkyl halides is 3. The zero-order valence-electron chi connectivity index (χ0n) is 9.52. The van der Waals surface area contributed by atoms with Crippen LogP contribution in [0.4, 0.5) is 13.2 Å². The lowest BCUT2D eigenvalue weighted by Crippen LogP contribution is -2.10. The summed E-state index contributed by atoms with van der Waals surface area (Å²) < 4.78 is 40.8. The second-order valence-corrected chi connectivity index (χ2v) is 4.35. The summed E-state index contributed by atoms with van der Waals surface area (Å²) in [5.74, 6) is 0.593. The third-order valence-corrected chi connectivity index (χ3v) is 2.93. The van der Waals surface area contributed by atoms with Gasteiger partial charge in [0.25, 0.3) is 0 Å². The summed E-state index contributed by atoms with van der Waals surface area (Å²) in [4.78, 5) is 0. The molecule has 1 fully saturated rings. The molecule has 0 atom stereocenters. The summed E-state index contributed by atoms with van der Waals surface area (Å²) in [6.07, 6.45) is -1.23. The molecule has 0 unspecified atom stereocenters. The van der Waals surface area contributed by atoms with Crippen LogP contribution in [-0.4, -0.2) is 24.8 Å². The van der Waals surface area contributed by atoms with E-state index in [1.165, 1.54) is 15.6 Å². The van der Waals surface area contributed by atoms with E-state index in [0.717, 1.165) is 18.9 Å². The van der Waals surface area contributed by atoms with Gasteiger partial charge < -0.3 is 0 Å². The van der Waals surface area contributed by atoms with Gasteiger partial charge in [-0.05, 0) is 18.9 Å². The van der Waals surface area contributed by atoms with Crippen LogP contribution < -0.4 is 0 Å². The third kappa shape index (κ3) is 1.77. The third-order valence-electron chi connectivity index (χ3n) is 2.93. The normalized spacial score (nSPS) is 16.2. The Balaban J connectivity index is 2.13. The van der Waals surface area contributed by atoms with E-state index in [2.05, 4.69) is 15.4 Å². The van der Waals surface area contributed by atoms with Gasteiger partial charge in [0.15, 0.2) is 11.5 Å². The molecule has 0 amide bonds. The van der Waals surface area contributed by atoms with E-state index in [1.807, 2.05) is 0 Å². The SMILES string of the molecule is Cn1nncc1-n1nc(C(F)(F)F)cc1C1CC1. The largest absolute Gasteiger partial charge is 0.435 e. The summed E-state index contributed by atoms with van der Waals surface area (Å²) in [7, 11) is 1.62. The Morgan fingerprint density at radius 1 is 1.33 bits per heavy atom. The fourth-order valence-corrected chi connectivity index (χ4v) is 1.86. The molecular formula is C10H10F3N5. The summed E-state index contributed by atoms with van der Waals surface area (Å²) in [6.45, 7) is 0. The van der Waals surface area contributed by atoms with E-state index in [4.69, 9.17) is 0 Å². The molecule has 1 aliphatic rings. The Labute approximate surface area is 100 Å². The minimum absolute atomic E-state index is 0.156. The number of hydrogen-bond donors (Lipinski definition) is 0. The Bertz CT molecular complexity index is 579. The molecule has 0 radical (unpaired) electrons. The maximum Gasteiger partial charge on any atom is 0.435 e. The van der Waals surface area contributed by atoms with Crippen molar-refractivity contribution >= 4 is 0 Å². The van der Waals surface area contributed by atoms with E-state index in [-0.39, 0.29) is 5.92 Å². The number of aryl methyl sites for hydroxylation is 1. The van der Waals surface area contributed by atoms with Crippen LogP contribution in [0.3, 0.4) is 0 Å². The van der Waals surface area contributed by atoms with Gasteiger partial charge >= 0.3 is 6.18 Å². The fourth-order valence-electron chi connectivity index (χ4n) is 1.86. The molecule has 0 aromatic carbocycles. The number of aromatic nitrogens is 5. The zero-order chi connectivity index (χ0) is 12.9. The van der Waals surface area contributed by atoms with Gasteiger partial charge in [-0.15, -0.1) is 5.10 Å². The van der Waals surface area contributed by atoms with Crippen LogP contribution in [0.1, 0.15) is 30.1 Å². The second-order valence-electron chi connectivity index (χ2n) is 4.35. The maximum absolute atomic E-state index is 12.7. The molecule has 0 spiro atoms. The zero-order valence-corrected chi connectivity index (χ0v) is 9.52. The van der Waals surface area contributed by atoms with Gasteiger partial charge in [-0.25, -0.2) is 9.36 Å². The molecule has 18 heavy (non-hydrogen) atoms. The molecule has 2 heterocycles. The number of rotatable bonds is 2. The topological polar surface area (TPSA) is 48.5 Å². The van der Waals surface area contributed by atoms with Crippen LogP contribution >= 0.6 is 0 Å². The molecule has 96 valence electrons. The van der Waals surface area contributed by atoms with Crippen molar-refractivity contribution in [2.75, 3.05) is 0 Å². The lowest BCUT2D eigenvalue weighted by atomic mass is 10.2. The van der Waals surface area contributed by atoms with Crippen LogP contribution in [0, 0.1) is 0 Å². The molecular weight excluding hydrogens is 247 g/mol. The predicted octanol–water partition coefficient (Wildman–Crippen LogP) is 1.90. The first-order chi connectivity index (χ1) is 8.47. The summed E-state index contributed by atoms with van der Waals surface area (Å²) in [6, 6.07) is 1.12. The molecule has 5 nitrogen and oxygen atoms in total. The van der Waals surface area contributed by atoms with Gasteiger partial charge in [0.1, 0.15) is 0 Å². The van der Waals surface area contributed by atoms with Crippen LogP contribution in [-0.2, 0) is 13.2 Å². The van der Waals surface area contributed by atoms with Crippen molar-refractivity contribution < 1.29 is 13.2 Å². The van der Waals surface area contributed by atoms with E-state index in [9.17, 15) is 13.2 Å². The summed E-state index contributed by atoms with van der Waals surface area (Å²) >= 11 is 0. The molecule has 0 saturated heterocycles. The molecule has 3 rings (SSSR count). The van der Waals surface area contributed by atoms with Gasteiger partial charge in [0.05, 0.1) is 6.20 Å². The first-order valence-electron chi connectivity index (χ1n) is 5.49. The monoisotopic (exact) mass is 257 g/mol. The van der Waals surface area contributed by atoms with Crippen LogP contribution in [0.2, 0.25) is 0 Å². The quantitative estimate of drug-likeness (QED) is 0.825. The van der Waals surface area contributed by atoms with Gasteiger partial charge in [-0.1, -0.05) is 5.21 Å². The standard InChI is InChI=1S/C10H10F3N5/c1-17-9(5-14-16-17)18-7(6-2-3-6)4-8(15-18)10(11,12)13/h4-6H,2-3H2,1H3. The first kappa shape index (κ1) is 11.2. The smallest absolute Gasteiger partial charge is 0.231 e. The van der Waals surface area contributed by atoms with E-state index >= 15 is 0 Å². The number of nitrogens with zero attached hydrogens (tertiary/aromatic N) is 5. The molecule has 0 bridgehead atoms. The molecule has 1 saturated carbocycles. The highest BCUT2D eigenvalue weighted by Gasteiger charge is 2.38. The minimum atomic E-state index is -4.43. The average Bonchev–Trinajstić information content (AvgIpc) is 2.87. The Hall–Kier alpha value is -1.86. The van der Waals surface area contributed by atoms with Crippen molar-refractivity contribution in [1.29, 1.82) is 0 Å². The molecule has 0 N–H and O–H groups in total. The molecule has 2 aromatic rings. The van der Waals surface area contributed by atoms with Crippen LogP contribution in [0.5, 0.6) is 0 Å². The molecule has 8 heteroatoms. The van der Waals surface area contributed by atoms with Crippen LogP contribution in [0.15, 0.2) is 12.3 Å². The van der Waals surface area contributed by atoms with E-state index in [1.54, 1.807) is 7.05 Å². The number of halogens is 3. The Morgan fingerprint density at radius 2 is 2.06 bits per heavy atom. The lowest BCUT2D eigenvalue weighted by Gasteiger charge is -2.05. The second kappa shape index (κ2) is 3.56. The Kier molecular flexibility index (Phi) is 2.23. The highest BCUT2D eigenvalue weighted by atomic mass is 19.4.